The van der Waals surface area contributed by atoms with Crippen molar-refractivity contribution in [2.45, 2.75) is 33.4 Å². The lowest BCUT2D eigenvalue weighted by molar-refractivity contribution is 0.174. The van der Waals surface area contributed by atoms with E-state index in [2.05, 4.69) is 5.32 Å². The summed E-state index contributed by atoms with van der Waals surface area (Å²) in [6, 6.07) is 9.55. The van der Waals surface area contributed by atoms with E-state index in [-0.39, 0.29) is 24.6 Å². The Balaban J connectivity index is 1.66. The molecule has 2 amide bonds. The Morgan fingerprint density at radius 2 is 2.00 bits per heavy atom. The lowest BCUT2D eigenvalue weighted by atomic mass is 10.2. The van der Waals surface area contributed by atoms with Crippen molar-refractivity contribution in [3.05, 3.63) is 47.8 Å². The molecule has 0 saturated carbocycles. The molecule has 144 valence electrons. The van der Waals surface area contributed by atoms with E-state index < -0.39 is 5.82 Å². The Labute approximate surface area is 157 Å². The molecule has 2 aromatic rings. The van der Waals surface area contributed by atoms with Gasteiger partial charge in [-0.25, -0.2) is 9.18 Å². The number of anilines is 1. The number of amides is 2. The van der Waals surface area contributed by atoms with Crippen LogP contribution in [0.1, 0.15) is 26.3 Å². The number of hydrogen-bond donors (Lipinski definition) is 1. The minimum Gasteiger partial charge on any atom is -0.491 e. The highest BCUT2D eigenvalue weighted by atomic mass is 19.1. The molecular formula is C20H23FN2O4. The van der Waals surface area contributed by atoms with E-state index in [0.717, 1.165) is 5.56 Å². The first kappa shape index (κ1) is 18.8. The number of carbonyl (C=O) groups excluding carboxylic acids is 1. The van der Waals surface area contributed by atoms with E-state index in [1.807, 2.05) is 39.0 Å². The molecule has 3 rings (SSSR count). The summed E-state index contributed by atoms with van der Waals surface area (Å²) in [4.78, 5) is 14.1. The quantitative estimate of drug-likeness (QED) is 0.814. The first-order chi connectivity index (χ1) is 13.0. The fourth-order valence-electron chi connectivity index (χ4n) is 2.72. The minimum atomic E-state index is -0.541. The highest BCUT2D eigenvalue weighted by Crippen LogP contribution is 2.33. The second kappa shape index (κ2) is 8.16. The summed E-state index contributed by atoms with van der Waals surface area (Å²) in [7, 11) is 0. The SMILES string of the molecule is CCN(Cc1ccc2c(c1)OCO2)C(=O)Nc1ccc(OC(C)C)cc1F. The Morgan fingerprint density at radius 3 is 2.70 bits per heavy atom. The van der Waals surface area contributed by atoms with E-state index in [1.54, 1.807) is 11.0 Å². The van der Waals surface area contributed by atoms with Crippen molar-refractivity contribution in [2.75, 3.05) is 18.7 Å². The molecule has 1 N–H and O–H groups in total. The molecule has 2 aromatic carbocycles. The van der Waals surface area contributed by atoms with Crippen LogP contribution < -0.4 is 19.5 Å². The number of nitrogens with one attached hydrogen (secondary N) is 1. The zero-order chi connectivity index (χ0) is 19.4. The Morgan fingerprint density at radius 1 is 1.22 bits per heavy atom. The number of nitrogens with zero attached hydrogens (tertiary/aromatic N) is 1. The fraction of sp³-hybridized carbons (Fsp3) is 0.350. The van der Waals surface area contributed by atoms with Gasteiger partial charge in [0, 0.05) is 19.2 Å². The summed E-state index contributed by atoms with van der Waals surface area (Å²) < 4.78 is 30.4. The van der Waals surface area contributed by atoms with Crippen molar-refractivity contribution in [3.8, 4) is 17.2 Å². The normalized spacial score (nSPS) is 12.2. The lowest BCUT2D eigenvalue weighted by Gasteiger charge is -2.22. The third-order valence-corrected chi connectivity index (χ3v) is 4.03. The van der Waals surface area contributed by atoms with E-state index in [4.69, 9.17) is 14.2 Å². The van der Waals surface area contributed by atoms with Crippen molar-refractivity contribution < 1.29 is 23.4 Å². The van der Waals surface area contributed by atoms with Gasteiger partial charge in [-0.15, -0.1) is 0 Å². The van der Waals surface area contributed by atoms with Crippen molar-refractivity contribution >= 4 is 11.7 Å². The Hall–Kier alpha value is -2.96. The van der Waals surface area contributed by atoms with Crippen molar-refractivity contribution in [1.29, 1.82) is 0 Å². The molecule has 6 nitrogen and oxygen atoms in total. The van der Waals surface area contributed by atoms with Crippen LogP contribution in [0.4, 0.5) is 14.9 Å². The number of carbonyl (C=O) groups is 1. The van der Waals surface area contributed by atoms with Gasteiger partial charge in [0.15, 0.2) is 11.5 Å². The lowest BCUT2D eigenvalue weighted by Crippen LogP contribution is -2.34. The van der Waals surface area contributed by atoms with Crippen molar-refractivity contribution in [1.82, 2.24) is 4.90 Å². The van der Waals surface area contributed by atoms with Gasteiger partial charge in [0.2, 0.25) is 6.79 Å². The molecule has 0 spiro atoms. The first-order valence-corrected chi connectivity index (χ1v) is 8.87. The summed E-state index contributed by atoms with van der Waals surface area (Å²) in [6.07, 6.45) is -0.0536. The van der Waals surface area contributed by atoms with Gasteiger partial charge in [-0.05, 0) is 50.6 Å². The van der Waals surface area contributed by atoms with E-state index >= 15 is 0 Å². The van der Waals surface area contributed by atoms with Gasteiger partial charge in [-0.1, -0.05) is 6.07 Å². The van der Waals surface area contributed by atoms with Crippen LogP contribution in [0.3, 0.4) is 0 Å². The molecule has 0 aromatic heterocycles. The molecule has 1 heterocycles. The number of halogens is 1. The summed E-state index contributed by atoms with van der Waals surface area (Å²) in [6.45, 7) is 6.63. The molecule has 0 saturated heterocycles. The zero-order valence-corrected chi connectivity index (χ0v) is 15.6. The molecule has 0 bridgehead atoms. The van der Waals surface area contributed by atoms with Gasteiger partial charge in [-0.2, -0.15) is 0 Å². The highest BCUT2D eigenvalue weighted by Gasteiger charge is 2.18. The Bertz CT molecular complexity index is 826. The Kier molecular flexibility index (Phi) is 5.69. The maximum Gasteiger partial charge on any atom is 0.322 e. The van der Waals surface area contributed by atoms with Crippen LogP contribution >= 0.6 is 0 Å². The number of fused-ring (bicyclic) bond motifs is 1. The topological polar surface area (TPSA) is 60.0 Å². The van der Waals surface area contributed by atoms with E-state index in [0.29, 0.717) is 30.3 Å². The third kappa shape index (κ3) is 4.61. The van der Waals surface area contributed by atoms with Gasteiger partial charge in [0.05, 0.1) is 11.8 Å². The second-order valence-electron chi connectivity index (χ2n) is 6.44. The fourth-order valence-corrected chi connectivity index (χ4v) is 2.72. The second-order valence-corrected chi connectivity index (χ2v) is 6.44. The van der Waals surface area contributed by atoms with Crippen LogP contribution in [-0.2, 0) is 6.54 Å². The highest BCUT2D eigenvalue weighted by molar-refractivity contribution is 5.89. The van der Waals surface area contributed by atoms with E-state index in [9.17, 15) is 9.18 Å². The van der Waals surface area contributed by atoms with Crippen LogP contribution in [0.15, 0.2) is 36.4 Å². The maximum absolute atomic E-state index is 14.3. The third-order valence-electron chi connectivity index (χ3n) is 4.03. The minimum absolute atomic E-state index is 0.0536. The molecule has 7 heteroatoms. The summed E-state index contributed by atoms with van der Waals surface area (Å²) in [5, 5.41) is 2.61. The summed E-state index contributed by atoms with van der Waals surface area (Å²) in [5.41, 5.74) is 1.01. The predicted molar refractivity (Wildman–Crippen MR) is 99.8 cm³/mol. The number of benzene rings is 2. The average molecular weight is 374 g/mol. The van der Waals surface area contributed by atoms with E-state index in [1.165, 1.54) is 12.1 Å². The van der Waals surface area contributed by atoms with Crippen LogP contribution in [0.5, 0.6) is 17.2 Å². The van der Waals surface area contributed by atoms with Crippen molar-refractivity contribution in [2.24, 2.45) is 0 Å². The van der Waals surface area contributed by atoms with Gasteiger partial charge in [-0.3, -0.25) is 0 Å². The number of ether oxygens (including phenoxy) is 3. The van der Waals surface area contributed by atoms with Crippen LogP contribution in [0, 0.1) is 5.82 Å². The van der Waals surface area contributed by atoms with Gasteiger partial charge in [0.25, 0.3) is 0 Å². The molecule has 0 radical (unpaired) electrons. The molecule has 0 unspecified atom stereocenters. The zero-order valence-electron chi connectivity index (χ0n) is 15.6. The smallest absolute Gasteiger partial charge is 0.322 e. The predicted octanol–water partition coefficient (Wildman–Crippen LogP) is 4.40. The van der Waals surface area contributed by atoms with Crippen LogP contribution in [0.2, 0.25) is 0 Å². The average Bonchev–Trinajstić information content (AvgIpc) is 3.09. The monoisotopic (exact) mass is 374 g/mol. The molecule has 0 atom stereocenters. The summed E-state index contributed by atoms with van der Waals surface area (Å²) >= 11 is 0. The molecule has 0 aliphatic carbocycles. The number of rotatable bonds is 6. The number of urea groups is 1. The molecule has 1 aliphatic rings. The largest absolute Gasteiger partial charge is 0.491 e. The van der Waals surface area contributed by atoms with Gasteiger partial charge < -0.3 is 24.4 Å². The molecule has 27 heavy (non-hydrogen) atoms. The summed E-state index contributed by atoms with van der Waals surface area (Å²) in [5.74, 6) is 1.24. The van der Waals surface area contributed by atoms with Crippen LogP contribution in [-0.4, -0.2) is 30.4 Å². The number of hydrogen-bond acceptors (Lipinski definition) is 4. The van der Waals surface area contributed by atoms with Gasteiger partial charge >= 0.3 is 6.03 Å². The first-order valence-electron chi connectivity index (χ1n) is 8.87. The molecular weight excluding hydrogens is 351 g/mol. The standard InChI is InChI=1S/C20H23FN2O4/c1-4-23(11-14-5-8-18-19(9-14)26-12-25-18)20(24)22-17-7-6-15(10-16(17)21)27-13(2)3/h5-10,13H,4,11-12H2,1-3H3,(H,22,24). The van der Waals surface area contributed by atoms with Crippen molar-refractivity contribution in [3.63, 3.8) is 0 Å². The van der Waals surface area contributed by atoms with Crippen LogP contribution in [0.25, 0.3) is 0 Å². The molecule has 0 fully saturated rings. The molecule has 1 aliphatic heterocycles. The van der Waals surface area contributed by atoms with Gasteiger partial charge in [0.1, 0.15) is 11.6 Å². The maximum atomic E-state index is 14.3.